The van der Waals surface area contributed by atoms with Crippen molar-refractivity contribution >= 4 is 10.0 Å². The van der Waals surface area contributed by atoms with Crippen LogP contribution in [0.25, 0.3) is 0 Å². The standard InChI is InChI=1S/C17H19N3O5S/c21-26(22,12-5-6-14-15(10-12)24-9-8-23-14)20-7-1-2-13(20)17-18-16(19-25-17)11-3-4-11/h5-6,10-11,13H,1-4,7-9H2. The minimum atomic E-state index is -3.69. The van der Waals surface area contributed by atoms with Crippen LogP contribution in [-0.4, -0.2) is 42.6 Å². The van der Waals surface area contributed by atoms with Crippen molar-refractivity contribution in [2.75, 3.05) is 19.8 Å². The summed E-state index contributed by atoms with van der Waals surface area (Å²) < 4.78 is 44.2. The van der Waals surface area contributed by atoms with Gasteiger partial charge >= 0.3 is 0 Å². The molecule has 1 unspecified atom stereocenters. The van der Waals surface area contributed by atoms with Gasteiger partial charge in [-0.1, -0.05) is 5.16 Å². The first-order valence-corrected chi connectivity index (χ1v) is 10.3. The zero-order valence-electron chi connectivity index (χ0n) is 14.1. The quantitative estimate of drug-likeness (QED) is 0.806. The summed E-state index contributed by atoms with van der Waals surface area (Å²) in [5.74, 6) is 2.49. The van der Waals surface area contributed by atoms with Crippen LogP contribution in [0.3, 0.4) is 0 Å². The molecule has 26 heavy (non-hydrogen) atoms. The molecule has 2 aromatic rings. The van der Waals surface area contributed by atoms with Crippen molar-refractivity contribution < 1.29 is 22.4 Å². The number of benzene rings is 1. The van der Waals surface area contributed by atoms with Gasteiger partial charge in [-0.15, -0.1) is 0 Å². The van der Waals surface area contributed by atoms with E-state index in [1.807, 2.05) is 0 Å². The Hall–Kier alpha value is -2.13. The molecule has 0 bridgehead atoms. The number of sulfonamides is 1. The highest BCUT2D eigenvalue weighted by atomic mass is 32.2. The predicted octanol–water partition coefficient (Wildman–Crippen LogP) is 2.24. The van der Waals surface area contributed by atoms with E-state index in [0.717, 1.165) is 19.3 Å². The number of aromatic nitrogens is 2. The summed E-state index contributed by atoms with van der Waals surface area (Å²) in [6.45, 7) is 1.31. The number of fused-ring (bicyclic) bond motifs is 1. The van der Waals surface area contributed by atoms with Crippen molar-refractivity contribution in [1.29, 1.82) is 0 Å². The van der Waals surface area contributed by atoms with E-state index in [1.165, 1.54) is 10.4 Å². The van der Waals surface area contributed by atoms with Crippen LogP contribution < -0.4 is 9.47 Å². The maximum absolute atomic E-state index is 13.2. The Labute approximate surface area is 151 Å². The summed E-state index contributed by atoms with van der Waals surface area (Å²) in [4.78, 5) is 4.64. The Morgan fingerprint density at radius 2 is 1.88 bits per heavy atom. The molecule has 8 nitrogen and oxygen atoms in total. The number of rotatable bonds is 4. The maximum Gasteiger partial charge on any atom is 0.245 e. The molecule has 1 saturated heterocycles. The van der Waals surface area contributed by atoms with Crippen molar-refractivity contribution in [3.8, 4) is 11.5 Å². The molecule has 1 saturated carbocycles. The van der Waals surface area contributed by atoms with Gasteiger partial charge in [0.05, 0.1) is 4.90 Å². The average Bonchev–Trinajstić information content (AvgIpc) is 3.19. The first-order valence-electron chi connectivity index (χ1n) is 8.88. The number of ether oxygens (including phenoxy) is 2. The summed E-state index contributed by atoms with van der Waals surface area (Å²) in [6, 6.07) is 4.32. The van der Waals surface area contributed by atoms with Gasteiger partial charge in [0.15, 0.2) is 17.3 Å². The van der Waals surface area contributed by atoms with Crippen molar-refractivity contribution in [1.82, 2.24) is 14.4 Å². The Kier molecular flexibility index (Phi) is 3.68. The summed E-state index contributed by atoms with van der Waals surface area (Å²) in [6.07, 6.45) is 3.58. The van der Waals surface area contributed by atoms with Gasteiger partial charge in [0.1, 0.15) is 19.3 Å². The van der Waals surface area contributed by atoms with Gasteiger partial charge in [-0.25, -0.2) is 8.42 Å². The molecule has 1 atom stereocenters. The van der Waals surface area contributed by atoms with Crippen LogP contribution in [0.15, 0.2) is 27.6 Å². The second kappa shape index (κ2) is 5.95. The van der Waals surface area contributed by atoms with E-state index in [2.05, 4.69) is 10.1 Å². The van der Waals surface area contributed by atoms with Crippen LogP contribution >= 0.6 is 0 Å². The Morgan fingerprint density at radius 1 is 1.08 bits per heavy atom. The molecule has 0 radical (unpaired) electrons. The number of hydrogen-bond acceptors (Lipinski definition) is 7. The molecule has 1 aromatic carbocycles. The fourth-order valence-electron chi connectivity index (χ4n) is 3.48. The van der Waals surface area contributed by atoms with Crippen molar-refractivity contribution in [2.24, 2.45) is 0 Å². The van der Waals surface area contributed by atoms with Crippen LogP contribution in [0.5, 0.6) is 11.5 Å². The number of nitrogens with zero attached hydrogens (tertiary/aromatic N) is 3. The minimum absolute atomic E-state index is 0.190. The first-order chi connectivity index (χ1) is 12.6. The van der Waals surface area contributed by atoms with Gasteiger partial charge in [0, 0.05) is 18.5 Å². The van der Waals surface area contributed by atoms with E-state index < -0.39 is 16.1 Å². The first kappa shape index (κ1) is 16.1. The van der Waals surface area contributed by atoms with Crippen LogP contribution in [0.1, 0.15) is 49.4 Å². The molecule has 138 valence electrons. The molecule has 1 aliphatic carbocycles. The smallest absolute Gasteiger partial charge is 0.245 e. The molecule has 9 heteroatoms. The van der Waals surface area contributed by atoms with Crippen molar-refractivity contribution in [2.45, 2.75) is 42.5 Å². The summed E-state index contributed by atoms with van der Waals surface area (Å²) in [7, 11) is -3.69. The van der Waals surface area contributed by atoms with Gasteiger partial charge in [0.25, 0.3) is 0 Å². The molecule has 0 N–H and O–H groups in total. The maximum atomic E-state index is 13.2. The predicted molar refractivity (Wildman–Crippen MR) is 89.6 cm³/mol. The lowest BCUT2D eigenvalue weighted by molar-refractivity contribution is 0.171. The van der Waals surface area contributed by atoms with Crippen molar-refractivity contribution in [3.05, 3.63) is 29.9 Å². The van der Waals surface area contributed by atoms with Crippen molar-refractivity contribution in [3.63, 3.8) is 0 Å². The Balaban J connectivity index is 1.46. The van der Waals surface area contributed by atoms with Crippen LogP contribution in [-0.2, 0) is 10.0 Å². The summed E-state index contributed by atoms with van der Waals surface area (Å²) >= 11 is 0. The molecule has 0 amide bonds. The third-order valence-corrected chi connectivity index (χ3v) is 6.91. The van der Waals surface area contributed by atoms with Crippen LogP contribution in [0, 0.1) is 0 Å². The molecule has 3 aliphatic rings. The summed E-state index contributed by atoms with van der Waals surface area (Å²) in [5, 5.41) is 4.03. The lowest BCUT2D eigenvalue weighted by Gasteiger charge is -2.23. The minimum Gasteiger partial charge on any atom is -0.486 e. The lowest BCUT2D eigenvalue weighted by atomic mass is 10.2. The van der Waals surface area contributed by atoms with Crippen LogP contribution in [0.2, 0.25) is 0 Å². The second-order valence-corrected chi connectivity index (χ2v) is 8.73. The largest absolute Gasteiger partial charge is 0.486 e. The normalized spacial score (nSPS) is 23.3. The summed E-state index contributed by atoms with van der Waals surface area (Å²) in [5.41, 5.74) is 0. The van der Waals surface area contributed by atoms with E-state index >= 15 is 0 Å². The molecule has 2 aliphatic heterocycles. The van der Waals surface area contributed by atoms with E-state index in [-0.39, 0.29) is 4.90 Å². The molecule has 5 rings (SSSR count). The third-order valence-electron chi connectivity index (χ3n) is 5.01. The van der Waals surface area contributed by atoms with Gasteiger partial charge < -0.3 is 14.0 Å². The highest BCUT2D eigenvalue weighted by molar-refractivity contribution is 7.89. The van der Waals surface area contributed by atoms with Gasteiger partial charge in [-0.2, -0.15) is 9.29 Å². The Bertz CT molecular complexity index is 938. The van der Waals surface area contributed by atoms with E-state index in [0.29, 0.717) is 55.3 Å². The Morgan fingerprint density at radius 3 is 2.69 bits per heavy atom. The highest BCUT2D eigenvalue weighted by Crippen LogP contribution is 2.41. The average molecular weight is 377 g/mol. The molecule has 1 aromatic heterocycles. The fraction of sp³-hybridized carbons (Fsp3) is 0.529. The monoisotopic (exact) mass is 377 g/mol. The molecule has 2 fully saturated rings. The zero-order chi connectivity index (χ0) is 17.7. The van der Waals surface area contributed by atoms with E-state index in [4.69, 9.17) is 14.0 Å². The third kappa shape index (κ3) is 2.66. The topological polar surface area (TPSA) is 94.8 Å². The van der Waals surface area contributed by atoms with Gasteiger partial charge in [-0.05, 0) is 37.8 Å². The van der Waals surface area contributed by atoms with Gasteiger partial charge in [-0.3, -0.25) is 0 Å². The molecule has 0 spiro atoms. The fourth-order valence-corrected chi connectivity index (χ4v) is 5.15. The second-order valence-electron chi connectivity index (χ2n) is 6.84. The zero-order valence-corrected chi connectivity index (χ0v) is 14.9. The van der Waals surface area contributed by atoms with Crippen LogP contribution in [0.4, 0.5) is 0 Å². The molecular formula is C17H19N3O5S. The van der Waals surface area contributed by atoms with E-state index in [1.54, 1.807) is 12.1 Å². The lowest BCUT2D eigenvalue weighted by Crippen LogP contribution is -2.31. The van der Waals surface area contributed by atoms with E-state index in [9.17, 15) is 8.42 Å². The molecule has 3 heterocycles. The number of hydrogen-bond donors (Lipinski definition) is 0. The molecular weight excluding hydrogens is 358 g/mol. The SMILES string of the molecule is O=S(=O)(c1ccc2c(c1)OCCO2)N1CCCC1c1nc(C2CC2)no1. The van der Waals surface area contributed by atoms with Gasteiger partial charge in [0.2, 0.25) is 15.9 Å². The highest BCUT2D eigenvalue weighted by Gasteiger charge is 2.40.